The predicted octanol–water partition coefficient (Wildman–Crippen LogP) is 9.24. The second-order valence-electron chi connectivity index (χ2n) is 10.9. The molecule has 0 N–H and O–H groups in total. The third-order valence-corrected chi connectivity index (χ3v) is 8.48. The summed E-state index contributed by atoms with van der Waals surface area (Å²) in [5.74, 6) is 2.79. The number of terminal acetylenes is 1. The number of nitrogens with zero attached hydrogens (tertiary/aromatic N) is 3. The minimum Gasteiger partial charge on any atom is -0.265 e. The molecular weight excluding hydrogens is 546 g/mol. The van der Waals surface area contributed by atoms with Crippen LogP contribution in [0, 0.1) is 12.3 Å². The summed E-state index contributed by atoms with van der Waals surface area (Å²) in [6.07, 6.45) is 16.8. The maximum atomic E-state index is 5.79. The fraction of sp³-hybridized carbons (Fsp3) is 0.0238. The Balaban J connectivity index is 1.46. The normalized spacial score (nSPS) is 11.1. The van der Waals surface area contributed by atoms with Gasteiger partial charge in [-0.1, -0.05) is 90.8 Å². The van der Waals surface area contributed by atoms with Crippen LogP contribution in [0.1, 0.15) is 27.8 Å². The van der Waals surface area contributed by atoms with E-state index in [0.29, 0.717) is 0 Å². The Morgan fingerprint density at radius 2 is 0.578 bits per heavy atom. The van der Waals surface area contributed by atoms with E-state index in [4.69, 9.17) is 6.42 Å². The third kappa shape index (κ3) is 5.31. The van der Waals surface area contributed by atoms with E-state index >= 15 is 0 Å². The van der Waals surface area contributed by atoms with Gasteiger partial charge in [-0.05, 0) is 104 Å². The molecule has 3 heteroatoms. The topological polar surface area (TPSA) is 38.7 Å². The summed E-state index contributed by atoms with van der Waals surface area (Å²) in [5, 5.41) is 0. The van der Waals surface area contributed by atoms with E-state index in [2.05, 4.69) is 106 Å². The van der Waals surface area contributed by atoms with Crippen LogP contribution in [0.2, 0.25) is 0 Å². The van der Waals surface area contributed by atoms with E-state index in [1.54, 1.807) is 0 Å². The molecule has 0 spiro atoms. The molecule has 7 rings (SSSR count). The van der Waals surface area contributed by atoms with Crippen LogP contribution in [-0.2, 0) is 5.41 Å². The van der Waals surface area contributed by atoms with Crippen LogP contribution >= 0.6 is 0 Å². The first kappa shape index (κ1) is 27.7. The maximum Gasteiger partial charge on any atom is 0.0701 e. The molecule has 7 aromatic rings. The minimum atomic E-state index is -0.628. The van der Waals surface area contributed by atoms with Gasteiger partial charge < -0.3 is 0 Å². The quantitative estimate of drug-likeness (QED) is 0.140. The number of aromatic nitrogens is 3. The van der Waals surface area contributed by atoms with Crippen LogP contribution in [0.25, 0.3) is 33.4 Å². The standard InChI is InChI=1S/C42H29N3/c1-2-31-3-11-38(12-4-31)42(39-13-5-32(6-14-39)35-19-25-43-26-20-35,40-15-7-33(8-16-40)36-21-27-44-28-22-36)41-17-9-34(10-18-41)37-23-29-45-30-24-37/h1,3-30H. The van der Waals surface area contributed by atoms with Gasteiger partial charge in [-0.25, -0.2) is 0 Å². The van der Waals surface area contributed by atoms with Crippen LogP contribution in [0.3, 0.4) is 0 Å². The molecule has 0 bridgehead atoms. The number of pyridine rings is 3. The van der Waals surface area contributed by atoms with Crippen LogP contribution in [0.4, 0.5) is 0 Å². The summed E-state index contributed by atoms with van der Waals surface area (Å²) in [7, 11) is 0. The molecular formula is C42H29N3. The lowest BCUT2D eigenvalue weighted by molar-refractivity contribution is 0.745. The summed E-state index contributed by atoms with van der Waals surface area (Å²) >= 11 is 0. The maximum absolute atomic E-state index is 5.79. The highest BCUT2D eigenvalue weighted by Gasteiger charge is 2.38. The molecule has 0 unspecified atom stereocenters. The summed E-state index contributed by atoms with van der Waals surface area (Å²) in [5.41, 5.74) is 11.6. The largest absolute Gasteiger partial charge is 0.265 e. The molecule has 0 aliphatic rings. The van der Waals surface area contributed by atoms with Crippen molar-refractivity contribution in [3.63, 3.8) is 0 Å². The highest BCUT2D eigenvalue weighted by atomic mass is 14.6. The molecule has 4 aromatic carbocycles. The molecule has 3 nitrogen and oxygen atoms in total. The van der Waals surface area contributed by atoms with E-state index in [1.807, 2.05) is 85.7 Å². The Morgan fingerprint density at radius 1 is 0.333 bits per heavy atom. The molecule has 212 valence electrons. The van der Waals surface area contributed by atoms with Crippen molar-refractivity contribution in [2.75, 3.05) is 0 Å². The van der Waals surface area contributed by atoms with Crippen molar-refractivity contribution >= 4 is 0 Å². The Hall–Kier alpha value is -6.11. The highest BCUT2D eigenvalue weighted by molar-refractivity contribution is 5.70. The van der Waals surface area contributed by atoms with Gasteiger partial charge in [-0.15, -0.1) is 6.42 Å². The van der Waals surface area contributed by atoms with Crippen molar-refractivity contribution in [1.29, 1.82) is 0 Å². The van der Waals surface area contributed by atoms with Gasteiger partial charge >= 0.3 is 0 Å². The first-order chi connectivity index (χ1) is 22.3. The van der Waals surface area contributed by atoms with Crippen molar-refractivity contribution in [3.8, 4) is 45.7 Å². The molecule has 0 aliphatic heterocycles. The van der Waals surface area contributed by atoms with Crippen LogP contribution in [-0.4, -0.2) is 15.0 Å². The second kappa shape index (κ2) is 12.2. The van der Waals surface area contributed by atoms with Gasteiger partial charge in [0.05, 0.1) is 5.41 Å². The average molecular weight is 576 g/mol. The summed E-state index contributed by atoms with van der Waals surface area (Å²) in [6.45, 7) is 0. The molecule has 0 aliphatic carbocycles. The number of benzene rings is 4. The van der Waals surface area contributed by atoms with Crippen molar-refractivity contribution in [2.24, 2.45) is 0 Å². The molecule has 0 fully saturated rings. The van der Waals surface area contributed by atoms with E-state index in [0.717, 1.165) is 61.2 Å². The molecule has 0 saturated carbocycles. The predicted molar refractivity (Wildman–Crippen MR) is 182 cm³/mol. The number of rotatable bonds is 7. The van der Waals surface area contributed by atoms with Gasteiger partial charge in [0.2, 0.25) is 0 Å². The molecule has 0 radical (unpaired) electrons. The highest BCUT2D eigenvalue weighted by Crippen LogP contribution is 2.46. The number of hydrogen-bond donors (Lipinski definition) is 0. The Morgan fingerprint density at radius 3 is 0.844 bits per heavy atom. The van der Waals surface area contributed by atoms with Gasteiger partial charge in [0.25, 0.3) is 0 Å². The molecule has 3 aromatic heterocycles. The van der Waals surface area contributed by atoms with E-state index in [1.165, 1.54) is 0 Å². The van der Waals surface area contributed by atoms with Gasteiger partial charge in [0.1, 0.15) is 0 Å². The molecule has 0 amide bonds. The van der Waals surface area contributed by atoms with E-state index < -0.39 is 5.41 Å². The Bertz CT molecular complexity index is 1840. The van der Waals surface area contributed by atoms with Crippen molar-refractivity contribution in [3.05, 3.63) is 198 Å². The number of hydrogen-bond acceptors (Lipinski definition) is 3. The lowest BCUT2D eigenvalue weighted by Gasteiger charge is -2.37. The van der Waals surface area contributed by atoms with Crippen LogP contribution in [0.15, 0.2) is 171 Å². The molecule has 45 heavy (non-hydrogen) atoms. The molecule has 0 atom stereocenters. The van der Waals surface area contributed by atoms with Crippen molar-refractivity contribution in [1.82, 2.24) is 15.0 Å². The van der Waals surface area contributed by atoms with Crippen LogP contribution < -0.4 is 0 Å². The Labute approximate surface area is 264 Å². The monoisotopic (exact) mass is 575 g/mol. The zero-order chi connectivity index (χ0) is 30.5. The average Bonchev–Trinajstić information content (AvgIpc) is 3.14. The van der Waals surface area contributed by atoms with Crippen molar-refractivity contribution < 1.29 is 0 Å². The lowest BCUT2D eigenvalue weighted by atomic mass is 9.64. The van der Waals surface area contributed by atoms with Crippen LogP contribution in [0.5, 0.6) is 0 Å². The SMILES string of the molecule is C#Cc1ccc(C(c2ccc(-c3ccncc3)cc2)(c2ccc(-c3ccncc3)cc2)c2ccc(-c3ccncc3)cc2)cc1. The van der Waals surface area contributed by atoms with Crippen molar-refractivity contribution in [2.45, 2.75) is 5.41 Å². The van der Waals surface area contributed by atoms with Gasteiger partial charge in [-0.3, -0.25) is 15.0 Å². The van der Waals surface area contributed by atoms with Gasteiger partial charge in [0, 0.05) is 42.7 Å². The van der Waals surface area contributed by atoms with E-state index in [9.17, 15) is 0 Å². The summed E-state index contributed by atoms with van der Waals surface area (Å²) in [6, 6.07) is 47.3. The van der Waals surface area contributed by atoms with E-state index in [-0.39, 0.29) is 0 Å². The zero-order valence-corrected chi connectivity index (χ0v) is 24.6. The fourth-order valence-corrected chi connectivity index (χ4v) is 6.19. The summed E-state index contributed by atoms with van der Waals surface area (Å²) in [4.78, 5) is 12.6. The first-order valence-corrected chi connectivity index (χ1v) is 14.9. The second-order valence-corrected chi connectivity index (χ2v) is 10.9. The Kier molecular flexibility index (Phi) is 7.54. The smallest absolute Gasteiger partial charge is 0.0701 e. The zero-order valence-electron chi connectivity index (χ0n) is 24.6. The third-order valence-electron chi connectivity index (χ3n) is 8.48. The van der Waals surface area contributed by atoms with Gasteiger partial charge in [0.15, 0.2) is 0 Å². The molecule has 0 saturated heterocycles. The minimum absolute atomic E-state index is 0.628. The lowest BCUT2D eigenvalue weighted by Crippen LogP contribution is -2.31. The fourth-order valence-electron chi connectivity index (χ4n) is 6.19. The molecule has 3 heterocycles. The van der Waals surface area contributed by atoms with Gasteiger partial charge in [-0.2, -0.15) is 0 Å². The summed E-state index contributed by atoms with van der Waals surface area (Å²) < 4.78 is 0. The first-order valence-electron chi connectivity index (χ1n) is 14.9.